The van der Waals surface area contributed by atoms with Gasteiger partial charge in [-0.1, -0.05) is 0 Å². The third kappa shape index (κ3) is 1.77. The summed E-state index contributed by atoms with van der Waals surface area (Å²) in [6.45, 7) is -0.233. The van der Waals surface area contributed by atoms with Crippen LogP contribution in [-0.4, -0.2) is 27.8 Å². The van der Waals surface area contributed by atoms with Crippen molar-refractivity contribution in [3.63, 3.8) is 0 Å². The summed E-state index contributed by atoms with van der Waals surface area (Å²) in [5.41, 5.74) is 5.05. The molecule has 5 N–H and O–H groups in total. The van der Waals surface area contributed by atoms with E-state index in [2.05, 4.69) is 0 Å². The van der Waals surface area contributed by atoms with Gasteiger partial charge in [0.05, 0.1) is 5.56 Å². The molecule has 1 aromatic carbocycles. The van der Waals surface area contributed by atoms with Crippen LogP contribution in [-0.2, 0) is 6.42 Å². The van der Waals surface area contributed by atoms with Crippen molar-refractivity contribution >= 4 is 5.91 Å². The Kier molecular flexibility index (Phi) is 2.93. The molecule has 0 saturated heterocycles. The maximum atomic E-state index is 10.8. The highest BCUT2D eigenvalue weighted by Crippen LogP contribution is 2.30. The molecule has 0 aliphatic rings. The second kappa shape index (κ2) is 3.97. The number of benzene rings is 1. The molecule has 0 bridgehead atoms. The fourth-order valence-corrected chi connectivity index (χ4v) is 1.18. The van der Waals surface area contributed by atoms with Crippen molar-refractivity contribution < 1.29 is 20.1 Å². The summed E-state index contributed by atoms with van der Waals surface area (Å²) >= 11 is 0. The Bertz CT molecular complexity index is 362. The van der Waals surface area contributed by atoms with Gasteiger partial charge >= 0.3 is 0 Å². The van der Waals surface area contributed by atoms with Crippen LogP contribution in [0.4, 0.5) is 0 Å². The molecule has 0 unspecified atom stereocenters. The van der Waals surface area contributed by atoms with Gasteiger partial charge in [-0.3, -0.25) is 4.79 Å². The van der Waals surface area contributed by atoms with Crippen LogP contribution in [0.2, 0.25) is 0 Å². The third-order valence-electron chi connectivity index (χ3n) is 1.89. The Balaban J connectivity index is 3.26. The summed E-state index contributed by atoms with van der Waals surface area (Å²) in [5, 5.41) is 27.5. The largest absolute Gasteiger partial charge is 0.508 e. The Morgan fingerprint density at radius 3 is 2.50 bits per heavy atom. The predicted molar refractivity (Wildman–Crippen MR) is 49.1 cm³/mol. The van der Waals surface area contributed by atoms with Gasteiger partial charge in [0.15, 0.2) is 0 Å². The highest BCUT2D eigenvalue weighted by Gasteiger charge is 2.14. The van der Waals surface area contributed by atoms with Crippen molar-refractivity contribution in [2.75, 3.05) is 6.61 Å². The first kappa shape index (κ1) is 10.3. The van der Waals surface area contributed by atoms with Gasteiger partial charge in [-0.2, -0.15) is 0 Å². The molecule has 0 fully saturated rings. The summed E-state index contributed by atoms with van der Waals surface area (Å²) in [4.78, 5) is 10.8. The number of phenolic OH excluding ortho intramolecular Hbond substituents is 1. The van der Waals surface area contributed by atoms with Crippen molar-refractivity contribution in [2.24, 2.45) is 5.73 Å². The molecule has 0 radical (unpaired) electrons. The number of hydrogen-bond donors (Lipinski definition) is 4. The molecule has 5 heteroatoms. The maximum absolute atomic E-state index is 10.8. The molecule has 1 rings (SSSR count). The predicted octanol–water partition coefficient (Wildman–Crippen LogP) is -0.269. The Labute approximate surface area is 80.4 Å². The molecule has 1 aromatic rings. The zero-order valence-corrected chi connectivity index (χ0v) is 7.40. The topological polar surface area (TPSA) is 104 Å². The molecule has 14 heavy (non-hydrogen) atoms. The molecule has 0 aliphatic heterocycles. The molecule has 0 heterocycles. The van der Waals surface area contributed by atoms with E-state index in [0.717, 1.165) is 0 Å². The van der Waals surface area contributed by atoms with Crippen molar-refractivity contribution in [3.05, 3.63) is 23.3 Å². The lowest BCUT2D eigenvalue weighted by molar-refractivity contribution is 0.0997. The Hall–Kier alpha value is -1.75. The summed E-state index contributed by atoms with van der Waals surface area (Å²) in [6, 6.07) is 2.48. The fraction of sp³-hybridized carbons (Fsp3) is 0.222. The van der Waals surface area contributed by atoms with Gasteiger partial charge in [-0.25, -0.2) is 0 Å². The fourth-order valence-electron chi connectivity index (χ4n) is 1.18. The van der Waals surface area contributed by atoms with Crippen molar-refractivity contribution in [2.45, 2.75) is 6.42 Å². The quantitative estimate of drug-likeness (QED) is 0.535. The van der Waals surface area contributed by atoms with E-state index in [1.807, 2.05) is 0 Å². The van der Waals surface area contributed by atoms with Gasteiger partial charge < -0.3 is 21.1 Å². The molecule has 0 aliphatic carbocycles. The first-order valence-electron chi connectivity index (χ1n) is 4.02. The lowest BCUT2D eigenvalue weighted by Crippen LogP contribution is -2.12. The van der Waals surface area contributed by atoms with E-state index in [1.165, 1.54) is 12.1 Å². The standard InChI is InChI=1S/C9H11NO4/c10-9(14)6-1-2-7(12)5(3-4-11)8(6)13/h1-2,11-13H,3-4H2,(H2,10,14). The van der Waals surface area contributed by atoms with Crippen molar-refractivity contribution in [1.82, 2.24) is 0 Å². The highest BCUT2D eigenvalue weighted by atomic mass is 16.3. The number of carbonyl (C=O) groups excluding carboxylic acids is 1. The number of hydrogen-bond acceptors (Lipinski definition) is 4. The zero-order chi connectivity index (χ0) is 10.7. The minimum atomic E-state index is -0.776. The number of rotatable bonds is 3. The van der Waals surface area contributed by atoms with Crippen LogP contribution in [0, 0.1) is 0 Å². The van der Waals surface area contributed by atoms with Crippen molar-refractivity contribution in [1.29, 1.82) is 0 Å². The second-order valence-electron chi connectivity index (χ2n) is 2.80. The van der Waals surface area contributed by atoms with E-state index < -0.39 is 5.91 Å². The number of aliphatic hydroxyl groups excluding tert-OH is 1. The van der Waals surface area contributed by atoms with E-state index in [9.17, 15) is 15.0 Å². The zero-order valence-electron chi connectivity index (χ0n) is 7.40. The summed E-state index contributed by atoms with van der Waals surface area (Å²) in [5.74, 6) is -1.31. The van der Waals surface area contributed by atoms with Gasteiger partial charge in [0, 0.05) is 18.6 Å². The van der Waals surface area contributed by atoms with Gasteiger partial charge in [-0.15, -0.1) is 0 Å². The van der Waals surface area contributed by atoms with E-state index in [1.54, 1.807) is 0 Å². The molecular weight excluding hydrogens is 186 g/mol. The van der Waals surface area contributed by atoms with Gasteiger partial charge in [0.1, 0.15) is 11.5 Å². The van der Waals surface area contributed by atoms with Crippen LogP contribution in [0.15, 0.2) is 12.1 Å². The lowest BCUT2D eigenvalue weighted by atomic mass is 10.0. The van der Waals surface area contributed by atoms with Crippen LogP contribution >= 0.6 is 0 Å². The summed E-state index contributed by atoms with van der Waals surface area (Å²) in [7, 11) is 0. The smallest absolute Gasteiger partial charge is 0.252 e. The molecule has 76 valence electrons. The molecular formula is C9H11NO4. The highest BCUT2D eigenvalue weighted by molar-refractivity contribution is 5.96. The van der Waals surface area contributed by atoms with E-state index in [4.69, 9.17) is 10.8 Å². The number of amides is 1. The lowest BCUT2D eigenvalue weighted by Gasteiger charge is -2.08. The van der Waals surface area contributed by atoms with Gasteiger partial charge in [0.25, 0.3) is 5.91 Å². The maximum Gasteiger partial charge on any atom is 0.252 e. The van der Waals surface area contributed by atoms with Crippen LogP contribution in [0.25, 0.3) is 0 Å². The number of primary amides is 1. The van der Waals surface area contributed by atoms with Crippen LogP contribution in [0.3, 0.4) is 0 Å². The normalized spacial score (nSPS) is 10.1. The molecule has 0 aromatic heterocycles. The molecule has 1 amide bonds. The third-order valence-corrected chi connectivity index (χ3v) is 1.89. The first-order valence-corrected chi connectivity index (χ1v) is 4.02. The second-order valence-corrected chi connectivity index (χ2v) is 2.80. The Morgan fingerprint density at radius 2 is 2.00 bits per heavy atom. The summed E-state index contributed by atoms with van der Waals surface area (Å²) < 4.78 is 0. The summed E-state index contributed by atoms with van der Waals surface area (Å²) in [6.07, 6.45) is 0.0682. The number of carbonyl (C=O) groups is 1. The number of aliphatic hydroxyl groups is 1. The van der Waals surface area contributed by atoms with Crippen LogP contribution < -0.4 is 5.73 Å². The monoisotopic (exact) mass is 197 g/mol. The molecule has 0 spiro atoms. The van der Waals surface area contributed by atoms with E-state index in [0.29, 0.717) is 0 Å². The average molecular weight is 197 g/mol. The van der Waals surface area contributed by atoms with E-state index >= 15 is 0 Å². The van der Waals surface area contributed by atoms with Crippen LogP contribution in [0.1, 0.15) is 15.9 Å². The van der Waals surface area contributed by atoms with Crippen LogP contribution in [0.5, 0.6) is 11.5 Å². The average Bonchev–Trinajstić information content (AvgIpc) is 2.11. The molecule has 5 nitrogen and oxygen atoms in total. The molecule has 0 saturated carbocycles. The number of nitrogens with two attached hydrogens (primary N) is 1. The van der Waals surface area contributed by atoms with Gasteiger partial charge in [-0.05, 0) is 12.1 Å². The minimum Gasteiger partial charge on any atom is -0.508 e. The number of phenols is 2. The number of aromatic hydroxyl groups is 2. The first-order chi connectivity index (χ1) is 6.57. The molecule has 0 atom stereocenters. The van der Waals surface area contributed by atoms with Gasteiger partial charge in [0.2, 0.25) is 0 Å². The Morgan fingerprint density at radius 1 is 1.36 bits per heavy atom. The minimum absolute atomic E-state index is 0.0637. The van der Waals surface area contributed by atoms with Crippen molar-refractivity contribution in [3.8, 4) is 11.5 Å². The SMILES string of the molecule is NC(=O)c1ccc(O)c(CCO)c1O. The van der Waals surface area contributed by atoms with E-state index in [-0.39, 0.29) is 35.7 Å².